The van der Waals surface area contributed by atoms with Gasteiger partial charge in [0.05, 0.1) is 4.47 Å². The molecule has 0 radical (unpaired) electrons. The van der Waals surface area contributed by atoms with Crippen molar-refractivity contribution in [1.29, 1.82) is 0 Å². The number of halogens is 1. The van der Waals surface area contributed by atoms with Crippen LogP contribution in [-0.4, -0.2) is 21.9 Å². The molecule has 19 heavy (non-hydrogen) atoms. The number of anilines is 1. The van der Waals surface area contributed by atoms with Gasteiger partial charge in [0.25, 0.3) is 0 Å². The Morgan fingerprint density at radius 2 is 2.21 bits per heavy atom. The molecule has 1 amide bonds. The first-order valence-corrected chi connectivity index (χ1v) is 7.46. The Labute approximate surface area is 121 Å². The number of nitrogens with two attached hydrogens (primary N) is 1. The summed E-state index contributed by atoms with van der Waals surface area (Å²) in [5.74, 6) is 0.947. The zero-order chi connectivity index (χ0) is 13.7. The van der Waals surface area contributed by atoms with Gasteiger partial charge in [-0.3, -0.25) is 4.79 Å². The highest BCUT2D eigenvalue weighted by Gasteiger charge is 2.25. The van der Waals surface area contributed by atoms with Gasteiger partial charge in [-0.05, 0) is 34.7 Å². The Morgan fingerprint density at radius 3 is 2.84 bits per heavy atom. The van der Waals surface area contributed by atoms with Gasteiger partial charge < -0.3 is 11.1 Å². The molecular formula is C13H19BrN4O. The number of primary amides is 1. The predicted octanol–water partition coefficient (Wildman–Crippen LogP) is 2.48. The van der Waals surface area contributed by atoms with Gasteiger partial charge in [0.15, 0.2) is 0 Å². The van der Waals surface area contributed by atoms with E-state index in [1.54, 1.807) is 6.20 Å². The predicted molar refractivity (Wildman–Crippen MR) is 77.5 cm³/mol. The maximum atomic E-state index is 11.3. The minimum Gasteiger partial charge on any atom is -0.370 e. The molecule has 2 rings (SSSR count). The lowest BCUT2D eigenvalue weighted by Gasteiger charge is -2.30. The number of nitrogens with one attached hydrogen (secondary N) is 1. The molecule has 5 nitrogen and oxygen atoms in total. The van der Waals surface area contributed by atoms with Crippen LogP contribution in [0.1, 0.15) is 38.5 Å². The molecule has 1 aliphatic carbocycles. The van der Waals surface area contributed by atoms with Gasteiger partial charge in [0.2, 0.25) is 5.91 Å². The number of amides is 1. The molecule has 0 saturated heterocycles. The van der Waals surface area contributed by atoms with E-state index in [9.17, 15) is 4.79 Å². The van der Waals surface area contributed by atoms with Crippen LogP contribution in [0.25, 0.3) is 0 Å². The second-order valence-electron chi connectivity index (χ2n) is 5.04. The lowest BCUT2D eigenvalue weighted by molar-refractivity contribution is -0.118. The molecule has 1 aromatic heterocycles. The second-order valence-corrected chi connectivity index (χ2v) is 5.89. The topological polar surface area (TPSA) is 80.9 Å². The average Bonchev–Trinajstić information content (AvgIpc) is 2.41. The van der Waals surface area contributed by atoms with Crippen molar-refractivity contribution in [3.05, 3.63) is 17.0 Å². The fraction of sp³-hybridized carbons (Fsp3) is 0.615. The molecule has 0 bridgehead atoms. The fourth-order valence-corrected chi connectivity index (χ4v) is 3.02. The molecule has 104 valence electrons. The van der Waals surface area contributed by atoms with E-state index in [0.717, 1.165) is 23.1 Å². The second kappa shape index (κ2) is 6.84. The summed E-state index contributed by atoms with van der Waals surface area (Å²) in [6.07, 6.45) is 9.57. The minimum absolute atomic E-state index is 0.0593. The van der Waals surface area contributed by atoms with Crippen molar-refractivity contribution in [3.8, 4) is 0 Å². The summed E-state index contributed by atoms with van der Waals surface area (Å²) < 4.78 is 0.806. The van der Waals surface area contributed by atoms with Crippen LogP contribution in [0.3, 0.4) is 0 Å². The highest BCUT2D eigenvalue weighted by Crippen LogP contribution is 2.30. The Morgan fingerprint density at radius 1 is 1.47 bits per heavy atom. The third kappa shape index (κ3) is 4.16. The number of carbonyl (C=O) groups excluding carboxylic acids is 1. The number of rotatable bonds is 5. The van der Waals surface area contributed by atoms with Crippen LogP contribution >= 0.6 is 15.9 Å². The molecule has 1 fully saturated rings. The van der Waals surface area contributed by atoms with Crippen molar-refractivity contribution in [2.24, 2.45) is 11.7 Å². The molecule has 0 aromatic carbocycles. The standard InChI is InChI=1S/C13H19BrN4O/c14-10-7-16-8-17-13(10)18-11(6-12(15)19)9-4-2-1-3-5-9/h7-9,11H,1-6H2,(H2,15,19)(H,16,17,18). The van der Waals surface area contributed by atoms with Gasteiger partial charge in [-0.25, -0.2) is 9.97 Å². The van der Waals surface area contributed by atoms with Crippen LogP contribution in [0.2, 0.25) is 0 Å². The van der Waals surface area contributed by atoms with Crippen molar-refractivity contribution >= 4 is 27.7 Å². The summed E-state index contributed by atoms with van der Waals surface area (Å²) in [6, 6.07) is 0.0593. The summed E-state index contributed by atoms with van der Waals surface area (Å²) in [5.41, 5.74) is 5.37. The molecular weight excluding hydrogens is 308 g/mol. The van der Waals surface area contributed by atoms with Gasteiger partial charge in [-0.15, -0.1) is 0 Å². The van der Waals surface area contributed by atoms with E-state index in [-0.39, 0.29) is 11.9 Å². The van der Waals surface area contributed by atoms with Crippen LogP contribution in [-0.2, 0) is 4.79 Å². The largest absolute Gasteiger partial charge is 0.370 e. The normalized spacial score (nSPS) is 17.9. The molecule has 3 N–H and O–H groups in total. The molecule has 0 spiro atoms. The Kier molecular flexibility index (Phi) is 5.13. The van der Waals surface area contributed by atoms with E-state index in [1.165, 1.54) is 25.6 Å². The maximum absolute atomic E-state index is 11.3. The summed E-state index contributed by atoms with van der Waals surface area (Å²) in [4.78, 5) is 19.4. The van der Waals surface area contributed by atoms with Crippen LogP contribution in [0, 0.1) is 5.92 Å². The monoisotopic (exact) mass is 326 g/mol. The Balaban J connectivity index is 2.08. The number of aromatic nitrogens is 2. The van der Waals surface area contributed by atoms with Gasteiger partial charge in [-0.2, -0.15) is 0 Å². The third-order valence-corrected chi connectivity index (χ3v) is 4.21. The lowest BCUT2D eigenvalue weighted by atomic mass is 9.82. The Bertz CT molecular complexity index is 434. The zero-order valence-corrected chi connectivity index (χ0v) is 12.4. The number of hydrogen-bond donors (Lipinski definition) is 2. The summed E-state index contributed by atoms with van der Waals surface area (Å²) in [6.45, 7) is 0. The fourth-order valence-electron chi connectivity index (χ4n) is 2.68. The molecule has 0 aliphatic heterocycles. The van der Waals surface area contributed by atoms with E-state index >= 15 is 0 Å². The van der Waals surface area contributed by atoms with E-state index in [4.69, 9.17) is 5.73 Å². The van der Waals surface area contributed by atoms with Crippen LogP contribution in [0.4, 0.5) is 5.82 Å². The number of carbonyl (C=O) groups is 1. The lowest BCUT2D eigenvalue weighted by Crippen LogP contribution is -2.35. The molecule has 1 heterocycles. The van der Waals surface area contributed by atoms with E-state index in [1.807, 2.05) is 0 Å². The molecule has 1 aliphatic rings. The first-order chi connectivity index (χ1) is 9.16. The SMILES string of the molecule is NC(=O)CC(Nc1ncncc1Br)C1CCCCC1. The molecule has 1 atom stereocenters. The smallest absolute Gasteiger partial charge is 0.219 e. The number of nitrogens with zero attached hydrogens (tertiary/aromatic N) is 2. The molecule has 1 aromatic rings. The first-order valence-electron chi connectivity index (χ1n) is 6.67. The Hall–Kier alpha value is -1.17. The first kappa shape index (κ1) is 14.2. The zero-order valence-electron chi connectivity index (χ0n) is 10.8. The van der Waals surface area contributed by atoms with Crippen LogP contribution in [0.15, 0.2) is 17.0 Å². The highest BCUT2D eigenvalue weighted by atomic mass is 79.9. The van der Waals surface area contributed by atoms with Gasteiger partial charge in [-0.1, -0.05) is 19.3 Å². The van der Waals surface area contributed by atoms with Crippen molar-refractivity contribution in [2.75, 3.05) is 5.32 Å². The maximum Gasteiger partial charge on any atom is 0.219 e. The van der Waals surface area contributed by atoms with Crippen LogP contribution in [0.5, 0.6) is 0 Å². The summed E-state index contributed by atoms with van der Waals surface area (Å²) in [5, 5.41) is 3.35. The third-order valence-electron chi connectivity index (χ3n) is 3.63. The van der Waals surface area contributed by atoms with E-state index < -0.39 is 0 Å². The summed E-state index contributed by atoms with van der Waals surface area (Å²) >= 11 is 3.41. The molecule has 1 unspecified atom stereocenters. The van der Waals surface area contributed by atoms with Gasteiger partial charge in [0.1, 0.15) is 12.1 Å². The van der Waals surface area contributed by atoms with Gasteiger partial charge >= 0.3 is 0 Å². The summed E-state index contributed by atoms with van der Waals surface area (Å²) in [7, 11) is 0. The van der Waals surface area contributed by atoms with Crippen molar-refractivity contribution < 1.29 is 4.79 Å². The van der Waals surface area contributed by atoms with Crippen molar-refractivity contribution in [3.63, 3.8) is 0 Å². The van der Waals surface area contributed by atoms with E-state index in [0.29, 0.717) is 12.3 Å². The minimum atomic E-state index is -0.270. The molecule has 1 saturated carbocycles. The van der Waals surface area contributed by atoms with Crippen LogP contribution < -0.4 is 11.1 Å². The highest BCUT2D eigenvalue weighted by molar-refractivity contribution is 9.10. The van der Waals surface area contributed by atoms with Crippen molar-refractivity contribution in [2.45, 2.75) is 44.6 Å². The number of hydrogen-bond acceptors (Lipinski definition) is 4. The van der Waals surface area contributed by atoms with E-state index in [2.05, 4.69) is 31.2 Å². The average molecular weight is 327 g/mol. The molecule has 6 heteroatoms. The van der Waals surface area contributed by atoms with Crippen molar-refractivity contribution in [1.82, 2.24) is 9.97 Å². The van der Waals surface area contributed by atoms with Gasteiger partial charge in [0, 0.05) is 18.7 Å². The quantitative estimate of drug-likeness (QED) is 0.870.